The molecule has 1 aromatic carbocycles. The topological polar surface area (TPSA) is 73.2 Å². The van der Waals surface area contributed by atoms with Crippen LogP contribution in [0.1, 0.15) is 36.4 Å². The van der Waals surface area contributed by atoms with Crippen molar-refractivity contribution in [1.82, 2.24) is 14.5 Å². The molecule has 2 aromatic rings. The summed E-state index contributed by atoms with van der Waals surface area (Å²) in [5.41, 5.74) is 2.30. The average molecular weight is 333 g/mol. The average Bonchev–Trinajstić information content (AvgIpc) is 3.00. The minimum atomic E-state index is -3.66. The normalized spacial score (nSPS) is 20.4. The van der Waals surface area contributed by atoms with E-state index < -0.39 is 10.0 Å². The predicted octanol–water partition coefficient (Wildman–Crippen LogP) is 2.02. The molecule has 0 bridgehead atoms. The number of aryl methyl sites for hydroxylation is 2. The second-order valence-electron chi connectivity index (χ2n) is 6.00. The zero-order valence-electron chi connectivity index (χ0n) is 12.7. The Balaban J connectivity index is 1.65. The molecule has 2 aliphatic rings. The van der Waals surface area contributed by atoms with Gasteiger partial charge in [-0.1, -0.05) is 24.3 Å². The van der Waals surface area contributed by atoms with Crippen molar-refractivity contribution >= 4 is 10.0 Å². The molecule has 23 heavy (non-hydrogen) atoms. The lowest BCUT2D eigenvalue weighted by molar-refractivity contribution is 0.224. The fourth-order valence-electron chi connectivity index (χ4n) is 3.36. The third-order valence-electron chi connectivity index (χ3n) is 4.47. The summed E-state index contributed by atoms with van der Waals surface area (Å²) in [6.45, 7) is 1.22. The van der Waals surface area contributed by atoms with Crippen LogP contribution < -0.4 is 9.46 Å². The van der Waals surface area contributed by atoms with E-state index in [-0.39, 0.29) is 10.9 Å². The Kier molecular flexibility index (Phi) is 3.61. The standard InChI is InChI=1S/C16H19N3O3S/c20-23(21,15-11-17-19-9-4-10-22-16(15)19)18-14-8-3-6-12-5-1-2-7-13(12)14/h1-2,5,7,11,14,18H,3-4,6,8-10H2/t14-/m0/s1. The van der Waals surface area contributed by atoms with E-state index in [1.165, 1.54) is 11.8 Å². The number of nitrogens with one attached hydrogen (secondary N) is 1. The van der Waals surface area contributed by atoms with Crippen LogP contribution in [-0.4, -0.2) is 24.8 Å². The zero-order chi connectivity index (χ0) is 15.9. The molecule has 0 radical (unpaired) electrons. The van der Waals surface area contributed by atoms with Crippen LogP contribution in [0.5, 0.6) is 5.88 Å². The molecule has 1 atom stereocenters. The molecule has 1 aliphatic carbocycles. The predicted molar refractivity (Wildman–Crippen MR) is 84.8 cm³/mol. The van der Waals surface area contributed by atoms with Gasteiger partial charge in [-0.15, -0.1) is 0 Å². The molecule has 0 amide bonds. The van der Waals surface area contributed by atoms with Crippen molar-refractivity contribution in [2.24, 2.45) is 0 Å². The Morgan fingerprint density at radius 2 is 2.13 bits per heavy atom. The maximum atomic E-state index is 12.8. The van der Waals surface area contributed by atoms with Gasteiger partial charge in [-0.3, -0.25) is 0 Å². The number of ether oxygens (including phenoxy) is 1. The molecular formula is C16H19N3O3S. The molecule has 7 heteroatoms. The van der Waals surface area contributed by atoms with E-state index in [0.29, 0.717) is 19.0 Å². The first-order valence-corrected chi connectivity index (χ1v) is 9.42. The number of aromatic nitrogens is 2. The van der Waals surface area contributed by atoms with Crippen molar-refractivity contribution in [2.75, 3.05) is 6.61 Å². The number of hydrogen-bond acceptors (Lipinski definition) is 4. The fraction of sp³-hybridized carbons (Fsp3) is 0.438. The molecule has 0 saturated heterocycles. The molecule has 1 aromatic heterocycles. The Hall–Kier alpha value is -1.86. The minimum Gasteiger partial charge on any atom is -0.477 e. The van der Waals surface area contributed by atoms with Crippen LogP contribution in [0.15, 0.2) is 35.4 Å². The molecule has 0 spiro atoms. The second-order valence-corrected chi connectivity index (χ2v) is 7.69. The quantitative estimate of drug-likeness (QED) is 0.933. The molecular weight excluding hydrogens is 314 g/mol. The molecule has 0 saturated carbocycles. The summed E-state index contributed by atoms with van der Waals surface area (Å²) >= 11 is 0. The second kappa shape index (κ2) is 5.65. The number of nitrogens with zero attached hydrogens (tertiary/aromatic N) is 2. The maximum absolute atomic E-state index is 12.8. The summed E-state index contributed by atoms with van der Waals surface area (Å²) in [6.07, 6.45) is 5.02. The maximum Gasteiger partial charge on any atom is 0.248 e. The van der Waals surface area contributed by atoms with Gasteiger partial charge in [-0.2, -0.15) is 5.10 Å². The Morgan fingerprint density at radius 3 is 3.04 bits per heavy atom. The van der Waals surface area contributed by atoms with E-state index >= 15 is 0 Å². The van der Waals surface area contributed by atoms with Gasteiger partial charge in [0, 0.05) is 19.0 Å². The molecule has 6 nitrogen and oxygen atoms in total. The van der Waals surface area contributed by atoms with Crippen molar-refractivity contribution in [2.45, 2.75) is 43.2 Å². The smallest absolute Gasteiger partial charge is 0.248 e. The van der Waals surface area contributed by atoms with Crippen molar-refractivity contribution in [3.63, 3.8) is 0 Å². The highest BCUT2D eigenvalue weighted by atomic mass is 32.2. The number of benzene rings is 1. The first-order chi connectivity index (χ1) is 11.1. The molecule has 2 heterocycles. The molecule has 1 aliphatic heterocycles. The Morgan fingerprint density at radius 1 is 1.26 bits per heavy atom. The first-order valence-electron chi connectivity index (χ1n) is 7.94. The zero-order valence-corrected chi connectivity index (χ0v) is 13.6. The van der Waals surface area contributed by atoms with Crippen LogP contribution in [0.25, 0.3) is 0 Å². The molecule has 1 N–H and O–H groups in total. The van der Waals surface area contributed by atoms with Gasteiger partial charge in [0.15, 0.2) is 4.90 Å². The number of sulfonamides is 1. The number of fused-ring (bicyclic) bond motifs is 2. The number of hydrogen-bond donors (Lipinski definition) is 1. The Labute approximate surface area is 135 Å². The van der Waals surface area contributed by atoms with Gasteiger partial charge < -0.3 is 4.74 Å². The monoisotopic (exact) mass is 333 g/mol. The highest BCUT2D eigenvalue weighted by Crippen LogP contribution is 2.33. The third-order valence-corrected chi connectivity index (χ3v) is 5.92. The summed E-state index contributed by atoms with van der Waals surface area (Å²) in [4.78, 5) is 0.139. The van der Waals surface area contributed by atoms with E-state index in [9.17, 15) is 8.42 Å². The summed E-state index contributed by atoms with van der Waals surface area (Å²) in [5.74, 6) is 0.354. The third kappa shape index (κ3) is 2.64. The lowest BCUT2D eigenvalue weighted by Crippen LogP contribution is -2.31. The first kappa shape index (κ1) is 14.7. The van der Waals surface area contributed by atoms with E-state index in [4.69, 9.17) is 4.74 Å². The van der Waals surface area contributed by atoms with Gasteiger partial charge in [0.25, 0.3) is 0 Å². The van der Waals surface area contributed by atoms with Crippen LogP contribution in [0.3, 0.4) is 0 Å². The fourth-order valence-corrected chi connectivity index (χ4v) is 4.68. The van der Waals surface area contributed by atoms with E-state index in [1.807, 2.05) is 18.2 Å². The van der Waals surface area contributed by atoms with Gasteiger partial charge in [0.2, 0.25) is 15.9 Å². The molecule has 4 rings (SSSR count). The van der Waals surface area contributed by atoms with Crippen LogP contribution in [0, 0.1) is 0 Å². The van der Waals surface area contributed by atoms with Crippen molar-refractivity contribution in [1.29, 1.82) is 0 Å². The largest absolute Gasteiger partial charge is 0.477 e. The van der Waals surface area contributed by atoms with Crippen molar-refractivity contribution < 1.29 is 13.2 Å². The van der Waals surface area contributed by atoms with E-state index in [0.717, 1.165) is 31.2 Å². The van der Waals surface area contributed by atoms with Gasteiger partial charge >= 0.3 is 0 Å². The van der Waals surface area contributed by atoms with Crippen LogP contribution in [0.2, 0.25) is 0 Å². The van der Waals surface area contributed by atoms with Crippen LogP contribution in [0.4, 0.5) is 0 Å². The lowest BCUT2D eigenvalue weighted by atomic mass is 9.88. The Bertz CT molecular complexity index is 829. The van der Waals surface area contributed by atoms with E-state index in [2.05, 4.69) is 15.9 Å². The summed E-state index contributed by atoms with van der Waals surface area (Å²) in [5, 5.41) is 4.13. The van der Waals surface area contributed by atoms with Gasteiger partial charge in [0.1, 0.15) is 0 Å². The molecule has 0 fully saturated rings. The molecule has 122 valence electrons. The van der Waals surface area contributed by atoms with Gasteiger partial charge in [-0.05, 0) is 30.4 Å². The highest BCUT2D eigenvalue weighted by Gasteiger charge is 2.30. The highest BCUT2D eigenvalue weighted by molar-refractivity contribution is 7.89. The lowest BCUT2D eigenvalue weighted by Gasteiger charge is -2.26. The molecule has 0 unspecified atom stereocenters. The van der Waals surface area contributed by atoms with Crippen molar-refractivity contribution in [3.05, 3.63) is 41.6 Å². The SMILES string of the molecule is O=S(=O)(N[C@H]1CCCc2ccccc21)c1cnn2c1OCCC2. The minimum absolute atomic E-state index is 0.139. The van der Waals surface area contributed by atoms with Crippen LogP contribution >= 0.6 is 0 Å². The van der Waals surface area contributed by atoms with Crippen molar-refractivity contribution in [3.8, 4) is 5.88 Å². The van der Waals surface area contributed by atoms with Gasteiger partial charge in [0.05, 0.1) is 12.8 Å². The summed E-state index contributed by atoms with van der Waals surface area (Å²) in [7, 11) is -3.66. The van der Waals surface area contributed by atoms with E-state index in [1.54, 1.807) is 4.68 Å². The van der Waals surface area contributed by atoms with Crippen LogP contribution in [-0.2, 0) is 23.0 Å². The summed E-state index contributed by atoms with van der Waals surface area (Å²) in [6, 6.07) is 7.84. The van der Waals surface area contributed by atoms with Gasteiger partial charge in [-0.25, -0.2) is 17.8 Å². The summed E-state index contributed by atoms with van der Waals surface area (Å²) < 4.78 is 35.6. The number of rotatable bonds is 3.